The third-order valence-electron chi connectivity index (χ3n) is 2.01. The molecule has 0 spiro atoms. The fourth-order valence-corrected chi connectivity index (χ4v) is 1.57. The molecule has 1 heterocycles. The number of hydrogen-bond acceptors (Lipinski definition) is 2. The van der Waals surface area contributed by atoms with Crippen LogP contribution in [0.25, 0.3) is 0 Å². The topological polar surface area (TPSA) is 42.0 Å². The Hall–Kier alpha value is -0.650. The van der Waals surface area contributed by atoms with Crippen molar-refractivity contribution >= 4 is 34.2 Å². The molecule has 15 heavy (non-hydrogen) atoms. The van der Waals surface area contributed by atoms with Gasteiger partial charge < -0.3 is 5.32 Å². The fourth-order valence-electron chi connectivity index (χ4n) is 0.962. The Kier molecular flexibility index (Phi) is 3.70. The lowest BCUT2D eigenvalue weighted by Gasteiger charge is -2.18. The van der Waals surface area contributed by atoms with Crippen LogP contribution in [-0.2, 0) is 4.79 Å². The Morgan fingerprint density at radius 1 is 1.47 bits per heavy atom. The predicted octanol–water partition coefficient (Wildman–Crippen LogP) is 2.98. The molecule has 4 heteroatoms. The molecule has 0 aliphatic carbocycles. The van der Waals surface area contributed by atoms with E-state index in [0.717, 1.165) is 15.0 Å². The van der Waals surface area contributed by atoms with E-state index in [1.807, 2.05) is 33.8 Å². The van der Waals surface area contributed by atoms with E-state index in [4.69, 9.17) is 0 Å². The van der Waals surface area contributed by atoms with E-state index in [9.17, 15) is 4.79 Å². The van der Waals surface area contributed by atoms with E-state index < -0.39 is 0 Å². The number of halogens is 1. The van der Waals surface area contributed by atoms with E-state index in [0.29, 0.717) is 0 Å². The minimum absolute atomic E-state index is 0.00797. The lowest BCUT2D eigenvalue weighted by Crippen LogP contribution is -2.28. The van der Waals surface area contributed by atoms with Crippen molar-refractivity contribution in [3.63, 3.8) is 0 Å². The van der Waals surface area contributed by atoms with E-state index in [1.54, 1.807) is 6.20 Å². The van der Waals surface area contributed by atoms with Crippen molar-refractivity contribution in [2.45, 2.75) is 27.7 Å². The number of carbonyl (C=O) groups is 1. The number of nitrogens with one attached hydrogen (secondary N) is 1. The molecule has 0 aromatic carbocycles. The van der Waals surface area contributed by atoms with Gasteiger partial charge in [-0.25, -0.2) is 4.98 Å². The summed E-state index contributed by atoms with van der Waals surface area (Å²) < 4.78 is 0.929. The monoisotopic (exact) mass is 318 g/mol. The molecule has 0 saturated heterocycles. The number of amides is 1. The number of nitrogens with zero attached hydrogens (tertiary/aromatic N) is 1. The SMILES string of the molecule is Cc1cc(I)ncc1NC(=O)C(C)(C)C. The minimum atomic E-state index is -0.380. The van der Waals surface area contributed by atoms with Gasteiger partial charge >= 0.3 is 0 Å². The van der Waals surface area contributed by atoms with Gasteiger partial charge in [0.25, 0.3) is 0 Å². The maximum atomic E-state index is 11.7. The first-order valence-corrected chi connectivity index (χ1v) is 5.82. The van der Waals surface area contributed by atoms with Crippen molar-refractivity contribution in [2.75, 3.05) is 5.32 Å². The second-order valence-electron chi connectivity index (χ2n) is 4.53. The van der Waals surface area contributed by atoms with Crippen LogP contribution in [0.5, 0.6) is 0 Å². The number of aryl methyl sites for hydroxylation is 1. The Bertz CT molecular complexity index is 383. The number of pyridine rings is 1. The molecule has 1 rings (SSSR count). The van der Waals surface area contributed by atoms with Gasteiger partial charge in [0.2, 0.25) is 5.91 Å². The Labute approximate surface area is 104 Å². The molecule has 0 aliphatic heterocycles. The van der Waals surface area contributed by atoms with Gasteiger partial charge in [0.15, 0.2) is 0 Å². The first-order valence-electron chi connectivity index (χ1n) is 4.74. The summed E-state index contributed by atoms with van der Waals surface area (Å²) >= 11 is 2.15. The van der Waals surface area contributed by atoms with Gasteiger partial charge in [-0.2, -0.15) is 0 Å². The number of rotatable bonds is 1. The van der Waals surface area contributed by atoms with E-state index in [1.165, 1.54) is 0 Å². The summed E-state index contributed by atoms with van der Waals surface area (Å²) in [6.45, 7) is 7.62. The molecule has 0 unspecified atom stereocenters. The molecule has 0 saturated carbocycles. The third kappa shape index (κ3) is 3.44. The number of aromatic nitrogens is 1. The van der Waals surface area contributed by atoms with Gasteiger partial charge in [-0.05, 0) is 41.1 Å². The highest BCUT2D eigenvalue weighted by molar-refractivity contribution is 14.1. The molecule has 1 aromatic rings. The predicted molar refractivity (Wildman–Crippen MR) is 69.8 cm³/mol. The molecule has 0 aliphatic rings. The summed E-state index contributed by atoms with van der Waals surface area (Å²) in [6.07, 6.45) is 1.70. The van der Waals surface area contributed by atoms with Crippen LogP contribution in [0, 0.1) is 16.0 Å². The maximum absolute atomic E-state index is 11.7. The highest BCUT2D eigenvalue weighted by Gasteiger charge is 2.21. The number of hydrogen-bond donors (Lipinski definition) is 1. The van der Waals surface area contributed by atoms with Gasteiger partial charge in [0.05, 0.1) is 11.9 Å². The van der Waals surface area contributed by atoms with Gasteiger partial charge in [-0.3, -0.25) is 4.79 Å². The van der Waals surface area contributed by atoms with Crippen LogP contribution in [0.4, 0.5) is 5.69 Å². The largest absolute Gasteiger partial charge is 0.324 e. The zero-order valence-corrected chi connectivity index (χ0v) is 11.5. The highest BCUT2D eigenvalue weighted by Crippen LogP contribution is 2.20. The Balaban J connectivity index is 2.87. The average molecular weight is 318 g/mol. The smallest absolute Gasteiger partial charge is 0.229 e. The lowest BCUT2D eigenvalue weighted by atomic mass is 9.95. The van der Waals surface area contributed by atoms with Crippen LogP contribution >= 0.6 is 22.6 Å². The van der Waals surface area contributed by atoms with Crippen molar-refractivity contribution in [2.24, 2.45) is 5.41 Å². The van der Waals surface area contributed by atoms with E-state index in [2.05, 4.69) is 32.9 Å². The highest BCUT2D eigenvalue weighted by atomic mass is 127. The zero-order chi connectivity index (χ0) is 11.6. The van der Waals surface area contributed by atoms with Crippen molar-refractivity contribution in [1.29, 1.82) is 0 Å². The zero-order valence-electron chi connectivity index (χ0n) is 9.39. The minimum Gasteiger partial charge on any atom is -0.324 e. The molecular weight excluding hydrogens is 303 g/mol. The van der Waals surface area contributed by atoms with Crippen LogP contribution in [0.1, 0.15) is 26.3 Å². The van der Waals surface area contributed by atoms with E-state index in [-0.39, 0.29) is 11.3 Å². The molecule has 82 valence electrons. The Morgan fingerprint density at radius 2 is 2.07 bits per heavy atom. The van der Waals surface area contributed by atoms with E-state index >= 15 is 0 Å². The van der Waals surface area contributed by atoms with Crippen LogP contribution in [0.3, 0.4) is 0 Å². The summed E-state index contributed by atoms with van der Waals surface area (Å²) in [5.74, 6) is 0.00797. The summed E-state index contributed by atoms with van der Waals surface area (Å²) in [5, 5.41) is 2.87. The van der Waals surface area contributed by atoms with Crippen LogP contribution in [0.2, 0.25) is 0 Å². The van der Waals surface area contributed by atoms with Gasteiger partial charge in [-0.15, -0.1) is 0 Å². The molecule has 1 aromatic heterocycles. The molecule has 0 atom stereocenters. The molecule has 0 fully saturated rings. The lowest BCUT2D eigenvalue weighted by molar-refractivity contribution is -0.123. The summed E-state index contributed by atoms with van der Waals surface area (Å²) in [7, 11) is 0. The number of carbonyl (C=O) groups excluding carboxylic acids is 1. The number of anilines is 1. The van der Waals surface area contributed by atoms with Crippen LogP contribution < -0.4 is 5.32 Å². The quantitative estimate of drug-likeness (QED) is 0.639. The fraction of sp³-hybridized carbons (Fsp3) is 0.455. The summed E-state index contributed by atoms with van der Waals surface area (Å²) in [6, 6.07) is 1.94. The molecule has 1 amide bonds. The second kappa shape index (κ2) is 4.47. The third-order valence-corrected chi connectivity index (χ3v) is 2.60. The first-order chi connectivity index (χ1) is 6.80. The molecule has 1 N–H and O–H groups in total. The first kappa shape index (κ1) is 12.4. The van der Waals surface area contributed by atoms with Gasteiger partial charge in [-0.1, -0.05) is 20.8 Å². The molecule has 0 radical (unpaired) electrons. The normalized spacial score (nSPS) is 11.3. The van der Waals surface area contributed by atoms with Crippen molar-refractivity contribution in [3.8, 4) is 0 Å². The maximum Gasteiger partial charge on any atom is 0.229 e. The summed E-state index contributed by atoms with van der Waals surface area (Å²) in [4.78, 5) is 15.9. The molecule has 3 nitrogen and oxygen atoms in total. The van der Waals surface area contributed by atoms with Gasteiger partial charge in [0, 0.05) is 5.41 Å². The van der Waals surface area contributed by atoms with Crippen molar-refractivity contribution in [3.05, 3.63) is 21.5 Å². The standard InChI is InChI=1S/C11H15IN2O/c1-7-5-9(12)13-6-8(7)14-10(15)11(2,3)4/h5-6H,1-4H3,(H,14,15). The van der Waals surface area contributed by atoms with Crippen molar-refractivity contribution < 1.29 is 4.79 Å². The summed E-state index contributed by atoms with van der Waals surface area (Å²) in [5.41, 5.74) is 1.44. The van der Waals surface area contributed by atoms with Gasteiger partial charge in [0.1, 0.15) is 3.70 Å². The second-order valence-corrected chi connectivity index (χ2v) is 5.63. The molecular formula is C11H15IN2O. The molecule has 0 bridgehead atoms. The van der Waals surface area contributed by atoms with Crippen LogP contribution in [0.15, 0.2) is 12.3 Å². The van der Waals surface area contributed by atoms with Crippen LogP contribution in [-0.4, -0.2) is 10.9 Å². The Morgan fingerprint density at radius 3 is 2.53 bits per heavy atom. The average Bonchev–Trinajstić information content (AvgIpc) is 2.08. The van der Waals surface area contributed by atoms with Crippen molar-refractivity contribution in [1.82, 2.24) is 4.98 Å².